The van der Waals surface area contributed by atoms with Crippen molar-refractivity contribution < 1.29 is 13.2 Å². The van der Waals surface area contributed by atoms with E-state index in [9.17, 15) is 13.2 Å². The molecule has 0 fully saturated rings. The molecule has 1 N–H and O–H groups in total. The van der Waals surface area contributed by atoms with Gasteiger partial charge >= 0.3 is 0 Å². The van der Waals surface area contributed by atoms with Crippen molar-refractivity contribution in [3.8, 4) is 5.82 Å². The molecule has 0 spiro atoms. The monoisotopic (exact) mass is 421 g/mol. The normalized spacial score (nSPS) is 11.7. The third-order valence-corrected chi connectivity index (χ3v) is 6.37. The van der Waals surface area contributed by atoms with E-state index >= 15 is 0 Å². The van der Waals surface area contributed by atoms with Crippen LogP contribution in [0.4, 0.5) is 5.69 Å². The number of likely N-dealkylation sites (N-methyl/N-ethyl adjacent to an activating group) is 1. The highest BCUT2D eigenvalue weighted by atomic mass is 32.2. The van der Waals surface area contributed by atoms with Crippen LogP contribution in [0.3, 0.4) is 0 Å². The number of nitrogens with zero attached hydrogens (tertiary/aromatic N) is 4. The van der Waals surface area contributed by atoms with Crippen LogP contribution < -0.4 is 5.32 Å². The van der Waals surface area contributed by atoms with Crippen LogP contribution in [0.5, 0.6) is 0 Å². The number of fused-ring (bicyclic) bond motifs is 1. The van der Waals surface area contributed by atoms with Gasteiger partial charge in [0.15, 0.2) is 0 Å². The number of benzene rings is 2. The van der Waals surface area contributed by atoms with Gasteiger partial charge in [0.05, 0.1) is 34.4 Å². The summed E-state index contributed by atoms with van der Waals surface area (Å²) in [5.41, 5.74) is 2.26. The van der Waals surface area contributed by atoms with Crippen molar-refractivity contribution in [2.24, 2.45) is 0 Å². The molecule has 0 radical (unpaired) electrons. The van der Waals surface area contributed by atoms with E-state index in [0.29, 0.717) is 11.5 Å². The second-order valence-corrected chi connectivity index (χ2v) is 8.68. The molecule has 0 unspecified atom stereocenters. The Bertz CT molecular complexity index is 1290. The summed E-state index contributed by atoms with van der Waals surface area (Å²) >= 11 is 0. The molecule has 0 aliphatic carbocycles. The number of carbonyl (C=O) groups excluding carboxylic acids is 1. The van der Waals surface area contributed by atoms with Gasteiger partial charge in [-0.25, -0.2) is 18.4 Å². The molecule has 152 valence electrons. The van der Waals surface area contributed by atoms with E-state index in [-0.39, 0.29) is 11.4 Å². The van der Waals surface area contributed by atoms with Crippen molar-refractivity contribution in [1.29, 1.82) is 0 Å². The quantitative estimate of drug-likeness (QED) is 0.516. The molecular formula is C21H19N5O3S. The number of anilines is 1. The molecule has 2 aromatic heterocycles. The topological polar surface area (TPSA) is 97.2 Å². The number of amides is 1. The van der Waals surface area contributed by atoms with Crippen LogP contribution in [0.1, 0.15) is 0 Å². The third kappa shape index (κ3) is 3.93. The molecule has 0 aliphatic heterocycles. The van der Waals surface area contributed by atoms with E-state index in [1.807, 2.05) is 28.8 Å². The maximum absolute atomic E-state index is 12.5. The maximum atomic E-state index is 12.5. The van der Waals surface area contributed by atoms with E-state index in [1.54, 1.807) is 36.7 Å². The van der Waals surface area contributed by atoms with Gasteiger partial charge in [0, 0.05) is 7.05 Å². The summed E-state index contributed by atoms with van der Waals surface area (Å²) in [6, 6.07) is 19.2. The molecule has 0 bridgehead atoms. The van der Waals surface area contributed by atoms with Gasteiger partial charge < -0.3 is 5.32 Å². The molecule has 0 saturated heterocycles. The summed E-state index contributed by atoms with van der Waals surface area (Å²) < 4.78 is 27.9. The van der Waals surface area contributed by atoms with Gasteiger partial charge in [-0.1, -0.05) is 30.3 Å². The average molecular weight is 421 g/mol. The lowest BCUT2D eigenvalue weighted by molar-refractivity contribution is -0.116. The molecule has 2 heterocycles. The summed E-state index contributed by atoms with van der Waals surface area (Å²) in [4.78, 5) is 21.2. The largest absolute Gasteiger partial charge is 0.324 e. The van der Waals surface area contributed by atoms with Crippen LogP contribution in [-0.4, -0.2) is 46.8 Å². The first-order valence-electron chi connectivity index (χ1n) is 9.15. The van der Waals surface area contributed by atoms with Gasteiger partial charge in [-0.15, -0.1) is 0 Å². The van der Waals surface area contributed by atoms with Crippen molar-refractivity contribution >= 4 is 32.7 Å². The van der Waals surface area contributed by atoms with Crippen molar-refractivity contribution in [3.63, 3.8) is 0 Å². The van der Waals surface area contributed by atoms with Crippen LogP contribution in [0, 0.1) is 0 Å². The van der Waals surface area contributed by atoms with E-state index in [1.165, 1.54) is 25.4 Å². The lowest BCUT2D eigenvalue weighted by Crippen LogP contribution is -2.34. The van der Waals surface area contributed by atoms with Gasteiger partial charge in [0.25, 0.3) is 0 Å². The third-order valence-electron chi connectivity index (χ3n) is 4.55. The minimum absolute atomic E-state index is 0.138. The van der Waals surface area contributed by atoms with E-state index < -0.39 is 15.9 Å². The summed E-state index contributed by atoms with van der Waals surface area (Å²) in [6.45, 7) is -0.314. The van der Waals surface area contributed by atoms with Crippen LogP contribution >= 0.6 is 0 Å². The Balaban J connectivity index is 1.44. The predicted octanol–water partition coefficient (Wildman–Crippen LogP) is 2.68. The van der Waals surface area contributed by atoms with E-state index in [4.69, 9.17) is 0 Å². The molecule has 8 nitrogen and oxygen atoms in total. The Morgan fingerprint density at radius 2 is 1.73 bits per heavy atom. The first kappa shape index (κ1) is 19.7. The summed E-state index contributed by atoms with van der Waals surface area (Å²) in [5.74, 6) is 0.199. The lowest BCUT2D eigenvalue weighted by Gasteiger charge is -2.16. The molecule has 4 rings (SSSR count). The molecule has 1 amide bonds. The van der Waals surface area contributed by atoms with Gasteiger partial charge in [-0.2, -0.15) is 4.31 Å². The smallest absolute Gasteiger partial charge is 0.243 e. The number of hydrogen-bond acceptors (Lipinski definition) is 5. The molecule has 30 heavy (non-hydrogen) atoms. The molecule has 0 saturated carbocycles. The lowest BCUT2D eigenvalue weighted by atomic mass is 10.3. The highest BCUT2D eigenvalue weighted by Crippen LogP contribution is 2.18. The van der Waals surface area contributed by atoms with Crippen LogP contribution in [-0.2, 0) is 14.8 Å². The first-order valence-corrected chi connectivity index (χ1v) is 10.6. The fraction of sp³-hybridized carbons (Fsp3) is 0.0952. The molecule has 0 atom stereocenters. The minimum Gasteiger partial charge on any atom is -0.324 e. The van der Waals surface area contributed by atoms with Gasteiger partial charge in [0.1, 0.15) is 12.1 Å². The molecule has 0 aliphatic rings. The second kappa shape index (κ2) is 8.05. The number of pyridine rings is 1. The fourth-order valence-electron chi connectivity index (χ4n) is 3.00. The SMILES string of the molecule is CN(CC(=O)Nc1ccc(-n2cnc3ccccc32)nc1)S(=O)(=O)c1ccccc1. The minimum atomic E-state index is -3.74. The van der Waals surface area contributed by atoms with E-state index in [0.717, 1.165) is 15.3 Å². The molecule has 9 heteroatoms. The van der Waals surface area contributed by atoms with Crippen LogP contribution in [0.2, 0.25) is 0 Å². The van der Waals surface area contributed by atoms with Gasteiger partial charge in [-0.05, 0) is 36.4 Å². The van der Waals surface area contributed by atoms with Crippen molar-refractivity contribution in [3.05, 3.63) is 79.3 Å². The zero-order valence-electron chi connectivity index (χ0n) is 16.1. The van der Waals surface area contributed by atoms with Crippen LogP contribution in [0.25, 0.3) is 16.9 Å². The number of rotatable bonds is 6. The van der Waals surface area contributed by atoms with Gasteiger partial charge in [-0.3, -0.25) is 9.36 Å². The number of para-hydroxylation sites is 2. The molecule has 4 aromatic rings. The van der Waals surface area contributed by atoms with Crippen LogP contribution in [0.15, 0.2) is 84.1 Å². The van der Waals surface area contributed by atoms with Crippen molar-refractivity contribution in [2.45, 2.75) is 4.90 Å². The first-order chi connectivity index (χ1) is 14.4. The average Bonchev–Trinajstić information content (AvgIpc) is 3.19. The number of hydrogen-bond donors (Lipinski definition) is 1. The number of nitrogens with one attached hydrogen (secondary N) is 1. The standard InChI is InChI=1S/C21H19N5O3S/c1-25(30(28,29)17-7-3-2-4-8-17)14-21(27)24-16-11-12-20(22-13-16)26-15-23-18-9-5-6-10-19(18)26/h2-13,15H,14H2,1H3,(H,24,27). The van der Waals surface area contributed by atoms with Gasteiger partial charge in [0.2, 0.25) is 15.9 Å². The molecule has 2 aromatic carbocycles. The number of imidazole rings is 1. The summed E-state index contributed by atoms with van der Waals surface area (Å²) in [7, 11) is -2.37. The zero-order chi connectivity index (χ0) is 21.1. The number of sulfonamides is 1. The highest BCUT2D eigenvalue weighted by Gasteiger charge is 2.22. The number of aromatic nitrogens is 3. The Morgan fingerprint density at radius 1 is 1.00 bits per heavy atom. The van der Waals surface area contributed by atoms with E-state index in [2.05, 4.69) is 15.3 Å². The van der Waals surface area contributed by atoms with Crippen molar-refractivity contribution in [1.82, 2.24) is 18.8 Å². The highest BCUT2D eigenvalue weighted by molar-refractivity contribution is 7.89. The Hall–Kier alpha value is -3.56. The predicted molar refractivity (Wildman–Crippen MR) is 114 cm³/mol. The summed E-state index contributed by atoms with van der Waals surface area (Å²) in [6.07, 6.45) is 3.21. The molecular weight excluding hydrogens is 402 g/mol. The zero-order valence-corrected chi connectivity index (χ0v) is 17.0. The number of carbonyl (C=O) groups is 1. The summed E-state index contributed by atoms with van der Waals surface area (Å²) in [5, 5.41) is 2.67. The maximum Gasteiger partial charge on any atom is 0.243 e. The Labute approximate surface area is 173 Å². The second-order valence-electron chi connectivity index (χ2n) is 6.63. The Kier molecular flexibility index (Phi) is 5.30. The Morgan fingerprint density at radius 3 is 2.47 bits per heavy atom. The van der Waals surface area contributed by atoms with Crippen molar-refractivity contribution in [2.75, 3.05) is 18.9 Å². The fourth-order valence-corrected chi connectivity index (χ4v) is 4.15.